The van der Waals surface area contributed by atoms with Gasteiger partial charge >= 0.3 is 6.03 Å². The van der Waals surface area contributed by atoms with Crippen LogP contribution >= 0.6 is 0 Å². The first-order chi connectivity index (χ1) is 20.8. The van der Waals surface area contributed by atoms with Crippen molar-refractivity contribution in [2.24, 2.45) is 34.3 Å². The van der Waals surface area contributed by atoms with Gasteiger partial charge in [-0.25, -0.2) is 13.2 Å². The summed E-state index contributed by atoms with van der Waals surface area (Å²) in [5.41, 5.74) is 4.20. The van der Waals surface area contributed by atoms with Crippen LogP contribution in [0.4, 0.5) is 4.79 Å². The van der Waals surface area contributed by atoms with Crippen LogP contribution < -0.4 is 21.7 Å². The minimum absolute atomic E-state index is 0.000830. The van der Waals surface area contributed by atoms with E-state index in [2.05, 4.69) is 16.0 Å². The molecule has 2 fully saturated rings. The van der Waals surface area contributed by atoms with Gasteiger partial charge in [-0.05, 0) is 62.2 Å². The van der Waals surface area contributed by atoms with E-state index in [0.717, 1.165) is 19.3 Å². The molecule has 2 rings (SSSR count). The topological polar surface area (TPSA) is 185 Å². The molecule has 5 atom stereocenters. The number of piperidine rings is 1. The van der Waals surface area contributed by atoms with E-state index in [0.29, 0.717) is 12.8 Å². The molecular formula is C33H59N5O7S. The van der Waals surface area contributed by atoms with Gasteiger partial charge in [-0.1, -0.05) is 74.7 Å². The number of ketones is 1. The molecule has 0 aromatic carbocycles. The fraction of sp³-hybridized carbons (Fsp3) is 0.848. The number of hydrogen-bond donors (Lipinski definition) is 4. The zero-order valence-electron chi connectivity index (χ0n) is 29.8. The van der Waals surface area contributed by atoms with Crippen molar-refractivity contribution in [3.63, 3.8) is 0 Å². The van der Waals surface area contributed by atoms with E-state index in [1.807, 2.05) is 34.6 Å². The number of carbonyl (C=O) groups excluding carboxylic acids is 5. The predicted octanol–water partition coefficient (Wildman–Crippen LogP) is 2.93. The van der Waals surface area contributed by atoms with E-state index in [-0.39, 0.29) is 35.5 Å². The molecule has 0 radical (unpaired) electrons. The molecule has 264 valence electrons. The molecule has 1 aliphatic carbocycles. The van der Waals surface area contributed by atoms with Gasteiger partial charge in [-0.3, -0.25) is 19.2 Å². The van der Waals surface area contributed by atoms with Crippen LogP contribution in [-0.2, 0) is 29.0 Å². The third kappa shape index (κ3) is 9.90. The van der Waals surface area contributed by atoms with E-state index >= 15 is 0 Å². The first-order valence-corrected chi connectivity index (χ1v) is 18.2. The monoisotopic (exact) mass is 669 g/mol. The molecule has 0 aromatic heterocycles. The van der Waals surface area contributed by atoms with Gasteiger partial charge in [-0.2, -0.15) is 0 Å². The lowest BCUT2D eigenvalue weighted by Gasteiger charge is -2.48. The Bertz CT molecular complexity index is 1260. The molecule has 0 spiro atoms. The molecule has 2 aliphatic rings. The van der Waals surface area contributed by atoms with Crippen LogP contribution in [0.5, 0.6) is 0 Å². The number of amides is 5. The van der Waals surface area contributed by atoms with Crippen molar-refractivity contribution in [3.8, 4) is 0 Å². The van der Waals surface area contributed by atoms with Crippen molar-refractivity contribution in [1.29, 1.82) is 0 Å². The van der Waals surface area contributed by atoms with Crippen LogP contribution in [0.25, 0.3) is 0 Å². The summed E-state index contributed by atoms with van der Waals surface area (Å²) in [6.07, 6.45) is 3.43. The molecule has 1 heterocycles. The van der Waals surface area contributed by atoms with Crippen LogP contribution in [0, 0.1) is 28.6 Å². The highest BCUT2D eigenvalue weighted by molar-refractivity contribution is 7.92. The zero-order chi connectivity index (χ0) is 35.6. The quantitative estimate of drug-likeness (QED) is 0.230. The third-order valence-electron chi connectivity index (χ3n) is 10.00. The first-order valence-electron chi connectivity index (χ1n) is 16.5. The maximum atomic E-state index is 14.4. The van der Waals surface area contributed by atoms with Crippen LogP contribution in [0.1, 0.15) is 108 Å². The number of nitrogens with two attached hydrogens (primary N) is 1. The van der Waals surface area contributed by atoms with Crippen molar-refractivity contribution in [3.05, 3.63) is 0 Å². The van der Waals surface area contributed by atoms with Crippen molar-refractivity contribution < 1.29 is 32.4 Å². The standard InChI is InChI=1S/C33H59N5O7S/c1-19(2)23(18-46(44,45)32(7,8)9)36-30(43)37-26(31(4,5)6)29(42)38-17-20(3)33(10,11)16-24(38)28(41)35-22(25(39)27(34)40)15-21-13-12-14-21/h19-24,26H,12-18H2,1-11H3,(H2,34,40)(H,35,41)(H2,36,37,43)/t20?,22?,23-,24+,26-/m1/s1. The Labute approximate surface area is 276 Å². The second kappa shape index (κ2) is 14.6. The highest BCUT2D eigenvalue weighted by Crippen LogP contribution is 2.40. The summed E-state index contributed by atoms with van der Waals surface area (Å²) in [7, 11) is -3.55. The summed E-state index contributed by atoms with van der Waals surface area (Å²) in [6.45, 7) is 20.1. The molecule has 1 aliphatic heterocycles. The second-order valence-electron chi connectivity index (χ2n) is 16.6. The van der Waals surface area contributed by atoms with E-state index in [1.54, 1.807) is 41.5 Å². The molecular weight excluding hydrogens is 610 g/mol. The van der Waals surface area contributed by atoms with Gasteiger partial charge in [0.05, 0.1) is 16.5 Å². The fourth-order valence-corrected chi connectivity index (χ4v) is 7.17. The number of hydrogen-bond acceptors (Lipinski definition) is 7. The number of sulfone groups is 1. The summed E-state index contributed by atoms with van der Waals surface area (Å²) < 4.78 is 24.9. The van der Waals surface area contributed by atoms with Crippen molar-refractivity contribution in [2.45, 2.75) is 137 Å². The summed E-state index contributed by atoms with van der Waals surface area (Å²) >= 11 is 0. The number of Topliss-reactive ketones (excluding diaryl/α,β-unsaturated/α-hetero) is 1. The van der Waals surface area contributed by atoms with Crippen LogP contribution in [0.15, 0.2) is 0 Å². The number of rotatable bonds is 12. The zero-order valence-corrected chi connectivity index (χ0v) is 30.6. The Hall–Kier alpha value is -2.70. The number of carbonyl (C=O) groups is 5. The Morgan fingerprint density at radius 2 is 1.52 bits per heavy atom. The van der Waals surface area contributed by atoms with E-state index in [4.69, 9.17) is 5.73 Å². The van der Waals surface area contributed by atoms with Crippen LogP contribution in [0.2, 0.25) is 0 Å². The molecule has 0 bridgehead atoms. The summed E-state index contributed by atoms with van der Waals surface area (Å²) in [6, 6.07) is -4.49. The number of urea groups is 1. The Balaban J connectivity index is 2.37. The number of likely N-dealkylation sites (tertiary alicyclic amines) is 1. The molecule has 13 heteroatoms. The number of nitrogens with one attached hydrogen (secondary N) is 3. The average Bonchev–Trinajstić information content (AvgIpc) is 2.86. The van der Waals surface area contributed by atoms with Crippen molar-refractivity contribution in [1.82, 2.24) is 20.9 Å². The Kier molecular flexibility index (Phi) is 12.5. The Morgan fingerprint density at radius 1 is 0.957 bits per heavy atom. The van der Waals surface area contributed by atoms with Gasteiger partial charge in [0.25, 0.3) is 5.91 Å². The summed E-state index contributed by atoms with van der Waals surface area (Å²) in [5, 5.41) is 8.33. The average molecular weight is 670 g/mol. The van der Waals surface area contributed by atoms with Gasteiger partial charge in [-0.15, -0.1) is 0 Å². The van der Waals surface area contributed by atoms with Crippen molar-refractivity contribution in [2.75, 3.05) is 12.3 Å². The molecule has 1 saturated carbocycles. The molecule has 5 amide bonds. The van der Waals surface area contributed by atoms with Gasteiger partial charge in [0.15, 0.2) is 9.84 Å². The molecule has 5 N–H and O–H groups in total. The maximum absolute atomic E-state index is 14.4. The van der Waals surface area contributed by atoms with Crippen molar-refractivity contribution >= 4 is 39.4 Å². The minimum Gasteiger partial charge on any atom is -0.363 e. The molecule has 1 saturated heterocycles. The van der Waals surface area contributed by atoms with Crippen LogP contribution in [-0.4, -0.2) is 84.1 Å². The van der Waals surface area contributed by atoms with Gasteiger partial charge in [0.1, 0.15) is 12.1 Å². The third-order valence-corrected chi connectivity index (χ3v) is 12.7. The number of primary amides is 1. The van der Waals surface area contributed by atoms with E-state index in [1.165, 1.54) is 4.90 Å². The lowest BCUT2D eigenvalue weighted by Crippen LogP contribution is -2.65. The number of nitrogens with zero attached hydrogens (tertiary/aromatic N) is 1. The molecule has 0 aromatic rings. The summed E-state index contributed by atoms with van der Waals surface area (Å²) in [4.78, 5) is 67.7. The first kappa shape index (κ1) is 39.5. The lowest BCUT2D eigenvalue weighted by molar-refractivity contribution is -0.151. The van der Waals surface area contributed by atoms with Crippen LogP contribution in [0.3, 0.4) is 0 Å². The fourth-order valence-electron chi connectivity index (χ4n) is 5.73. The predicted molar refractivity (Wildman–Crippen MR) is 178 cm³/mol. The largest absolute Gasteiger partial charge is 0.363 e. The van der Waals surface area contributed by atoms with E-state index < -0.39 is 73.7 Å². The molecule has 2 unspecified atom stereocenters. The SMILES string of the molecule is CC(C)[C@@H](CS(=O)(=O)C(C)(C)C)NC(=O)N[C@H](C(=O)N1CC(C)C(C)(C)C[C@H]1C(=O)NC(CC1CCC1)C(=O)C(N)=O)C(C)(C)C. The summed E-state index contributed by atoms with van der Waals surface area (Å²) in [5.74, 6) is -3.25. The molecule has 12 nitrogen and oxygen atoms in total. The van der Waals surface area contributed by atoms with Gasteiger partial charge in [0.2, 0.25) is 17.6 Å². The smallest absolute Gasteiger partial charge is 0.315 e. The lowest BCUT2D eigenvalue weighted by atomic mass is 9.71. The van der Waals surface area contributed by atoms with Gasteiger partial charge in [0, 0.05) is 12.6 Å². The second-order valence-corrected chi connectivity index (χ2v) is 19.4. The van der Waals surface area contributed by atoms with Gasteiger partial charge < -0.3 is 26.6 Å². The highest BCUT2D eigenvalue weighted by Gasteiger charge is 2.48. The minimum atomic E-state index is -3.55. The van der Waals surface area contributed by atoms with E-state index in [9.17, 15) is 32.4 Å². The molecule has 46 heavy (non-hydrogen) atoms. The normalized spacial score (nSPS) is 22.7. The Morgan fingerprint density at radius 3 is 1.96 bits per heavy atom. The maximum Gasteiger partial charge on any atom is 0.315 e. The highest BCUT2D eigenvalue weighted by atomic mass is 32.2.